The van der Waals surface area contributed by atoms with Crippen LogP contribution in [0.4, 0.5) is 5.13 Å². The van der Waals surface area contributed by atoms with Crippen molar-refractivity contribution in [1.82, 2.24) is 24.9 Å². The Morgan fingerprint density at radius 2 is 2.07 bits per heavy atom. The lowest BCUT2D eigenvalue weighted by Gasteiger charge is -2.31. The Morgan fingerprint density at radius 1 is 1.33 bits per heavy atom. The van der Waals surface area contributed by atoms with E-state index in [-0.39, 0.29) is 29.7 Å². The van der Waals surface area contributed by atoms with Gasteiger partial charge in [-0.25, -0.2) is 0 Å². The number of aryl methyl sites for hydroxylation is 4. The highest BCUT2D eigenvalue weighted by molar-refractivity contribution is 7.15. The number of hydrogen-bond donors (Lipinski definition) is 1. The molecule has 1 saturated heterocycles. The number of hydrogen-bond acceptors (Lipinski definition) is 6. The van der Waals surface area contributed by atoms with Gasteiger partial charge < -0.3 is 10.2 Å². The van der Waals surface area contributed by atoms with Crippen LogP contribution in [-0.2, 0) is 22.6 Å². The molecule has 2 aromatic rings. The molecular weight excluding hydrogens is 364 g/mol. The highest BCUT2D eigenvalue weighted by Crippen LogP contribution is 2.27. The largest absolute Gasteiger partial charge is 0.337 e. The maximum Gasteiger partial charge on any atom is 0.231 e. The van der Waals surface area contributed by atoms with E-state index in [1.54, 1.807) is 4.90 Å². The van der Waals surface area contributed by atoms with Gasteiger partial charge in [0.05, 0.1) is 11.6 Å². The van der Waals surface area contributed by atoms with Gasteiger partial charge in [0.2, 0.25) is 16.9 Å². The molecule has 3 heterocycles. The fraction of sp³-hybridized carbons (Fsp3) is 0.611. The average molecular weight is 391 g/mol. The summed E-state index contributed by atoms with van der Waals surface area (Å²) in [4.78, 5) is 26.4. The minimum atomic E-state index is -0.348. The number of carbonyl (C=O) groups is 2. The SMILES string of the molecule is Cc1cc(C)n(CCc2nnc(NC(=O)C3CC(=O)N(C(C)(C)C)C3)s2)n1. The van der Waals surface area contributed by atoms with Gasteiger partial charge in [0.15, 0.2) is 0 Å². The lowest BCUT2D eigenvalue weighted by atomic mass is 10.1. The lowest BCUT2D eigenvalue weighted by Crippen LogP contribution is -2.42. The average Bonchev–Trinajstić information content (AvgIpc) is 3.24. The third-order valence-electron chi connectivity index (χ3n) is 4.64. The summed E-state index contributed by atoms with van der Waals surface area (Å²) in [6.07, 6.45) is 0.946. The van der Waals surface area contributed by atoms with Crippen LogP contribution in [-0.4, -0.2) is 48.8 Å². The van der Waals surface area contributed by atoms with Crippen molar-refractivity contribution in [3.05, 3.63) is 22.5 Å². The molecule has 1 aliphatic rings. The number of anilines is 1. The smallest absolute Gasteiger partial charge is 0.231 e. The first-order valence-corrected chi connectivity index (χ1v) is 9.90. The zero-order chi connectivity index (χ0) is 19.8. The zero-order valence-corrected chi connectivity index (χ0v) is 17.3. The molecule has 0 saturated carbocycles. The van der Waals surface area contributed by atoms with Gasteiger partial charge in [0.1, 0.15) is 5.01 Å². The van der Waals surface area contributed by atoms with Gasteiger partial charge in [0, 0.05) is 37.2 Å². The van der Waals surface area contributed by atoms with E-state index in [1.807, 2.05) is 45.4 Å². The topological polar surface area (TPSA) is 93.0 Å². The quantitative estimate of drug-likeness (QED) is 0.845. The molecule has 8 nitrogen and oxygen atoms in total. The molecule has 1 unspecified atom stereocenters. The Hall–Kier alpha value is -2.29. The molecule has 0 bridgehead atoms. The van der Waals surface area contributed by atoms with Crippen LogP contribution in [0.5, 0.6) is 0 Å². The molecule has 146 valence electrons. The van der Waals surface area contributed by atoms with Crippen molar-refractivity contribution < 1.29 is 9.59 Å². The van der Waals surface area contributed by atoms with E-state index < -0.39 is 0 Å². The van der Waals surface area contributed by atoms with Crippen LogP contribution >= 0.6 is 11.3 Å². The van der Waals surface area contributed by atoms with E-state index >= 15 is 0 Å². The van der Waals surface area contributed by atoms with E-state index in [9.17, 15) is 9.59 Å². The Labute approximate surface area is 163 Å². The second kappa shape index (κ2) is 7.38. The summed E-state index contributed by atoms with van der Waals surface area (Å²) in [5.41, 5.74) is 1.83. The van der Waals surface area contributed by atoms with Crippen molar-refractivity contribution >= 4 is 28.3 Å². The molecule has 3 rings (SSSR count). The van der Waals surface area contributed by atoms with Crippen LogP contribution < -0.4 is 5.32 Å². The first-order chi connectivity index (χ1) is 12.6. The van der Waals surface area contributed by atoms with E-state index in [0.29, 0.717) is 18.1 Å². The minimum Gasteiger partial charge on any atom is -0.337 e. The maximum atomic E-state index is 12.5. The second-order valence-corrected chi connectivity index (χ2v) is 9.03. The molecule has 1 atom stereocenters. The Kier molecular flexibility index (Phi) is 5.32. The van der Waals surface area contributed by atoms with Gasteiger partial charge in [-0.15, -0.1) is 10.2 Å². The van der Waals surface area contributed by atoms with Crippen LogP contribution in [0.1, 0.15) is 43.6 Å². The van der Waals surface area contributed by atoms with Crippen molar-refractivity contribution in [3.63, 3.8) is 0 Å². The molecule has 0 radical (unpaired) electrons. The predicted octanol–water partition coefficient (Wildman–Crippen LogP) is 2.18. The van der Waals surface area contributed by atoms with Crippen LogP contribution in [0.25, 0.3) is 0 Å². The van der Waals surface area contributed by atoms with Crippen LogP contribution in [0.2, 0.25) is 0 Å². The lowest BCUT2D eigenvalue weighted by molar-refractivity contribution is -0.131. The molecule has 0 aliphatic carbocycles. The number of amides is 2. The van der Waals surface area contributed by atoms with Crippen molar-refractivity contribution in [3.8, 4) is 0 Å². The highest BCUT2D eigenvalue weighted by atomic mass is 32.1. The van der Waals surface area contributed by atoms with Gasteiger partial charge in [-0.1, -0.05) is 11.3 Å². The maximum absolute atomic E-state index is 12.5. The molecular formula is C18H26N6O2S. The fourth-order valence-corrected chi connectivity index (χ4v) is 3.98. The van der Waals surface area contributed by atoms with Gasteiger partial charge in [0.25, 0.3) is 0 Å². The molecule has 27 heavy (non-hydrogen) atoms. The van der Waals surface area contributed by atoms with Crippen LogP contribution in [0.3, 0.4) is 0 Å². The summed E-state index contributed by atoms with van der Waals surface area (Å²) in [7, 11) is 0. The van der Waals surface area contributed by atoms with Crippen LogP contribution in [0.15, 0.2) is 6.07 Å². The standard InChI is InChI=1S/C18H26N6O2S/c1-11-8-12(2)24(22-11)7-6-14-20-21-17(27-14)19-16(26)13-9-15(25)23(10-13)18(3,4)5/h8,13H,6-7,9-10H2,1-5H3,(H,19,21,26). The van der Waals surface area contributed by atoms with E-state index in [0.717, 1.165) is 22.9 Å². The molecule has 1 N–H and O–H groups in total. The summed E-state index contributed by atoms with van der Waals surface area (Å²) in [6, 6.07) is 2.04. The van der Waals surface area contributed by atoms with Gasteiger partial charge >= 0.3 is 0 Å². The summed E-state index contributed by atoms with van der Waals surface area (Å²) in [6.45, 7) is 11.1. The molecule has 1 fully saturated rings. The molecule has 2 aromatic heterocycles. The zero-order valence-electron chi connectivity index (χ0n) is 16.4. The monoisotopic (exact) mass is 390 g/mol. The molecule has 0 aromatic carbocycles. The second-order valence-electron chi connectivity index (χ2n) is 7.97. The Morgan fingerprint density at radius 3 is 2.67 bits per heavy atom. The third kappa shape index (κ3) is 4.52. The summed E-state index contributed by atoms with van der Waals surface area (Å²) in [5, 5.41) is 16.8. The predicted molar refractivity (Wildman–Crippen MR) is 104 cm³/mol. The fourth-order valence-electron chi connectivity index (χ4n) is 3.25. The summed E-state index contributed by atoms with van der Waals surface area (Å²) < 4.78 is 1.94. The Bertz CT molecular complexity index is 850. The number of likely N-dealkylation sites (tertiary alicyclic amines) is 1. The van der Waals surface area contributed by atoms with E-state index in [2.05, 4.69) is 20.6 Å². The first kappa shape index (κ1) is 19.5. The third-order valence-corrected chi connectivity index (χ3v) is 5.54. The molecule has 1 aliphatic heterocycles. The van der Waals surface area contributed by atoms with E-state index in [4.69, 9.17) is 0 Å². The molecule has 0 spiro atoms. The summed E-state index contributed by atoms with van der Waals surface area (Å²) in [5.74, 6) is -0.499. The van der Waals surface area contributed by atoms with Gasteiger partial charge in [-0.05, 0) is 40.7 Å². The number of nitrogens with zero attached hydrogens (tertiary/aromatic N) is 5. The normalized spacial score (nSPS) is 17.6. The first-order valence-electron chi connectivity index (χ1n) is 9.08. The number of rotatable bonds is 5. The molecule has 2 amide bonds. The van der Waals surface area contributed by atoms with Crippen molar-refractivity contribution in [2.24, 2.45) is 5.92 Å². The number of aromatic nitrogens is 4. The van der Waals surface area contributed by atoms with E-state index in [1.165, 1.54) is 11.3 Å². The van der Waals surface area contributed by atoms with Crippen molar-refractivity contribution in [1.29, 1.82) is 0 Å². The van der Waals surface area contributed by atoms with Crippen molar-refractivity contribution in [2.75, 3.05) is 11.9 Å². The number of carbonyl (C=O) groups excluding carboxylic acids is 2. The minimum absolute atomic E-state index is 0.0190. The van der Waals surface area contributed by atoms with Crippen molar-refractivity contribution in [2.45, 2.75) is 59.5 Å². The highest BCUT2D eigenvalue weighted by Gasteiger charge is 2.39. The van der Waals surface area contributed by atoms with Gasteiger partial charge in [-0.2, -0.15) is 5.10 Å². The summed E-state index contributed by atoms with van der Waals surface area (Å²) >= 11 is 1.37. The van der Waals surface area contributed by atoms with Crippen LogP contribution in [0, 0.1) is 19.8 Å². The Balaban J connectivity index is 1.55. The van der Waals surface area contributed by atoms with Gasteiger partial charge in [-0.3, -0.25) is 14.3 Å². The molecule has 9 heteroatoms. The number of nitrogens with one attached hydrogen (secondary N) is 1.